The Bertz CT molecular complexity index is 1720. The Hall–Kier alpha value is -2.75. The Labute approximate surface area is 597 Å². The molecule has 0 spiro atoms. The summed E-state index contributed by atoms with van der Waals surface area (Å²) in [6, 6.07) is 0. The van der Waals surface area contributed by atoms with Gasteiger partial charge in [-0.2, -0.15) is 0 Å². The fraction of sp³-hybridized carbons (Fsp3) is 0.874. The van der Waals surface area contributed by atoms with E-state index in [2.05, 4.69) is 62.5 Å². The number of hydrogen-bond donors (Lipinski definition) is 0. The number of carbonyl (C=O) groups is 3. The van der Waals surface area contributed by atoms with Gasteiger partial charge in [0.05, 0.1) is 40.3 Å². The summed E-state index contributed by atoms with van der Waals surface area (Å²) in [4.78, 5) is 37.6. The molecule has 0 amide bonds. The summed E-state index contributed by atoms with van der Waals surface area (Å²) >= 11 is 0. The van der Waals surface area contributed by atoms with Crippen LogP contribution >= 0.6 is 0 Å². The van der Waals surface area contributed by atoms with Crippen LogP contribution in [0.25, 0.3) is 0 Å². The van der Waals surface area contributed by atoms with Crippen molar-refractivity contribution in [2.75, 3.05) is 47.5 Å². The van der Waals surface area contributed by atoms with Gasteiger partial charge in [-0.15, -0.1) is 0 Å². The Kier molecular flexibility index (Phi) is 75.7. The van der Waals surface area contributed by atoms with Crippen LogP contribution in [0.3, 0.4) is 0 Å². The number of esters is 2. The number of quaternary nitrogens is 1. The molecule has 0 saturated carbocycles. The maximum atomic E-state index is 13.0. The molecular formula is C87H163NO8. The zero-order valence-corrected chi connectivity index (χ0v) is 64.8. The Morgan fingerprint density at radius 3 is 0.885 bits per heavy atom. The van der Waals surface area contributed by atoms with E-state index in [0.29, 0.717) is 17.4 Å². The maximum absolute atomic E-state index is 13.0. The Morgan fingerprint density at radius 2 is 0.594 bits per heavy atom. The van der Waals surface area contributed by atoms with E-state index in [1.807, 2.05) is 21.1 Å². The van der Waals surface area contributed by atoms with Crippen molar-refractivity contribution in [3.63, 3.8) is 0 Å². The molecule has 0 bridgehead atoms. The van der Waals surface area contributed by atoms with E-state index in [4.69, 9.17) is 18.9 Å². The zero-order chi connectivity index (χ0) is 69.7. The topological polar surface area (TPSA) is 111 Å². The third kappa shape index (κ3) is 78.6. The summed E-state index contributed by atoms with van der Waals surface area (Å²) in [7, 11) is 5.96. The van der Waals surface area contributed by atoms with Gasteiger partial charge in [0.2, 0.25) is 0 Å². The van der Waals surface area contributed by atoms with Crippen LogP contribution in [-0.2, 0) is 33.3 Å². The number of carboxylic acid groups (broad SMARTS) is 1. The van der Waals surface area contributed by atoms with Crippen molar-refractivity contribution in [2.45, 2.75) is 444 Å². The van der Waals surface area contributed by atoms with Crippen molar-refractivity contribution < 1.29 is 42.9 Å². The molecule has 0 aromatic carbocycles. The molecule has 9 heteroatoms. The summed E-state index contributed by atoms with van der Waals surface area (Å²) in [5, 5.41) is 11.9. The van der Waals surface area contributed by atoms with Gasteiger partial charge in [0.15, 0.2) is 12.4 Å². The van der Waals surface area contributed by atoms with Gasteiger partial charge in [-0.1, -0.05) is 416 Å². The highest BCUT2D eigenvalue weighted by Gasteiger charge is 2.22. The molecule has 0 aromatic heterocycles. The van der Waals surface area contributed by atoms with Gasteiger partial charge in [-0.3, -0.25) is 9.59 Å². The number of likely N-dealkylation sites (N-methyl/N-ethyl adjacent to an activating group) is 1. The molecular weight excluding hydrogens is 1190 g/mol. The molecule has 2 unspecified atom stereocenters. The van der Waals surface area contributed by atoms with Crippen LogP contribution in [0.4, 0.5) is 0 Å². The van der Waals surface area contributed by atoms with Crippen molar-refractivity contribution in [3.8, 4) is 0 Å². The fourth-order valence-corrected chi connectivity index (χ4v) is 12.9. The second-order valence-electron chi connectivity index (χ2n) is 30.1. The fourth-order valence-electron chi connectivity index (χ4n) is 12.9. The van der Waals surface area contributed by atoms with Crippen molar-refractivity contribution >= 4 is 17.9 Å². The lowest BCUT2D eigenvalue weighted by molar-refractivity contribution is -0.870. The van der Waals surface area contributed by atoms with Crippen molar-refractivity contribution in [1.29, 1.82) is 0 Å². The van der Waals surface area contributed by atoms with E-state index in [-0.39, 0.29) is 32.2 Å². The first-order valence-electron chi connectivity index (χ1n) is 42.3. The number of carboxylic acids is 1. The highest BCUT2D eigenvalue weighted by molar-refractivity contribution is 5.70. The summed E-state index contributed by atoms with van der Waals surface area (Å²) in [6.45, 7) is 4.72. The first-order valence-corrected chi connectivity index (χ1v) is 42.3. The molecule has 2 atom stereocenters. The van der Waals surface area contributed by atoms with Crippen LogP contribution in [0.1, 0.15) is 431 Å². The van der Waals surface area contributed by atoms with Crippen LogP contribution in [0.15, 0.2) is 48.6 Å². The van der Waals surface area contributed by atoms with E-state index >= 15 is 0 Å². The quantitative estimate of drug-likeness (QED) is 0.0195. The number of aliphatic carboxylic acids is 1. The molecule has 96 heavy (non-hydrogen) atoms. The highest BCUT2D eigenvalue weighted by Crippen LogP contribution is 2.21. The number of carbonyl (C=O) groups excluding carboxylic acids is 3. The smallest absolute Gasteiger partial charge is 0.306 e. The average Bonchev–Trinajstić information content (AvgIpc) is 2.40. The molecule has 0 fully saturated rings. The third-order valence-electron chi connectivity index (χ3n) is 19.3. The zero-order valence-electron chi connectivity index (χ0n) is 64.8. The monoisotopic (exact) mass is 1350 g/mol. The normalized spacial score (nSPS) is 12.8. The van der Waals surface area contributed by atoms with E-state index < -0.39 is 24.3 Å². The van der Waals surface area contributed by atoms with Gasteiger partial charge >= 0.3 is 11.9 Å². The summed E-state index contributed by atoms with van der Waals surface area (Å²) in [5.41, 5.74) is 0. The third-order valence-corrected chi connectivity index (χ3v) is 19.3. The van der Waals surface area contributed by atoms with E-state index in [1.165, 1.54) is 340 Å². The lowest BCUT2D eigenvalue weighted by Crippen LogP contribution is -2.44. The first-order chi connectivity index (χ1) is 47.1. The minimum absolute atomic E-state index is 0.152. The molecule has 0 radical (unpaired) electrons. The van der Waals surface area contributed by atoms with E-state index in [0.717, 1.165) is 64.2 Å². The first kappa shape index (κ1) is 93.2. The summed E-state index contributed by atoms with van der Waals surface area (Å²) < 4.78 is 22.9. The molecule has 0 aliphatic carbocycles. The van der Waals surface area contributed by atoms with Crippen LogP contribution in [0, 0.1) is 0 Å². The van der Waals surface area contributed by atoms with Crippen LogP contribution < -0.4 is 5.11 Å². The van der Waals surface area contributed by atoms with Gasteiger partial charge in [0.25, 0.3) is 0 Å². The number of ether oxygens (including phenoxy) is 4. The summed E-state index contributed by atoms with van der Waals surface area (Å²) in [6.07, 6.45) is 99.8. The lowest BCUT2D eigenvalue weighted by Gasteiger charge is -2.26. The maximum Gasteiger partial charge on any atom is 0.306 e. The minimum atomic E-state index is -1.62. The number of unbranched alkanes of at least 4 members (excludes halogenated alkanes) is 57. The van der Waals surface area contributed by atoms with Gasteiger partial charge in [0, 0.05) is 12.8 Å². The molecule has 0 saturated heterocycles. The molecule has 0 heterocycles. The molecule has 0 N–H and O–H groups in total. The van der Waals surface area contributed by atoms with Gasteiger partial charge in [-0.25, -0.2) is 0 Å². The number of allylic oxidation sites excluding steroid dienone is 8. The molecule has 0 aliphatic heterocycles. The summed E-state index contributed by atoms with van der Waals surface area (Å²) in [5.74, 6) is -2.24. The van der Waals surface area contributed by atoms with Gasteiger partial charge in [-0.05, 0) is 51.4 Å². The van der Waals surface area contributed by atoms with E-state index in [9.17, 15) is 19.5 Å². The van der Waals surface area contributed by atoms with Crippen molar-refractivity contribution in [2.24, 2.45) is 0 Å². The van der Waals surface area contributed by atoms with Crippen molar-refractivity contribution in [3.05, 3.63) is 48.6 Å². The predicted molar refractivity (Wildman–Crippen MR) is 412 cm³/mol. The molecule has 9 nitrogen and oxygen atoms in total. The highest BCUT2D eigenvalue weighted by atomic mass is 16.7. The molecule has 0 aromatic rings. The number of hydrogen-bond acceptors (Lipinski definition) is 8. The minimum Gasteiger partial charge on any atom is -0.545 e. The molecule has 564 valence electrons. The second kappa shape index (κ2) is 78.0. The van der Waals surface area contributed by atoms with Crippen molar-refractivity contribution in [1.82, 2.24) is 0 Å². The largest absolute Gasteiger partial charge is 0.545 e. The van der Waals surface area contributed by atoms with Gasteiger partial charge in [0.1, 0.15) is 13.2 Å². The standard InChI is InChI=1S/C87H163NO8/c1-6-8-10-12-14-16-18-20-22-24-26-28-30-32-34-36-38-40-41-42-43-44-45-46-48-50-52-54-56-58-60-62-64-66-68-70-72-74-76-78-85(90)96-83(82-95-87(86(91)92)93-80-79-88(3,4)5)81-94-84(89)77-75-73-71-69-67-65-63-61-59-57-55-53-51-49-47-39-37-35-33-31-29-27-25-23-21-19-17-15-13-11-9-7-2/h8,10,14,16,20,22,26,28,83,87H,6-7,9,11-13,15,17-19,21,23-25,27,29-82H2,1-5H3/b10-8-,16-14-,22-20-,28-26-. The van der Waals surface area contributed by atoms with Crippen LogP contribution in [-0.4, -0.2) is 82.3 Å². The van der Waals surface area contributed by atoms with E-state index in [1.54, 1.807) is 0 Å². The van der Waals surface area contributed by atoms with Gasteiger partial charge < -0.3 is 33.3 Å². The lowest BCUT2D eigenvalue weighted by atomic mass is 10.0. The Morgan fingerprint density at radius 1 is 0.323 bits per heavy atom. The van der Waals surface area contributed by atoms with Crippen LogP contribution in [0.5, 0.6) is 0 Å². The molecule has 0 aliphatic rings. The van der Waals surface area contributed by atoms with Crippen LogP contribution in [0.2, 0.25) is 0 Å². The molecule has 0 rings (SSSR count). The number of rotatable bonds is 80. The predicted octanol–water partition coefficient (Wildman–Crippen LogP) is 25.9. The average molecular weight is 1350 g/mol. The second-order valence-corrected chi connectivity index (χ2v) is 30.1. The SMILES string of the molecule is CC/C=C\C/C=C\C/C=C\C/C=C\CCCCCCCCCCCCCCCCCCCCCCCCCCCCC(=O)OC(COC(=O)CCCCCCCCCCCCCCCCCCCCCCCCCCCCCCCCCC)COC(OCC[N+](C)(C)C)C(=O)[O-]. The Balaban J connectivity index is 3.92. The number of nitrogens with zero attached hydrogens (tertiary/aromatic N) is 1.